The van der Waals surface area contributed by atoms with Crippen molar-refractivity contribution in [3.63, 3.8) is 0 Å². The Kier molecular flexibility index (Phi) is 6.50. The summed E-state index contributed by atoms with van der Waals surface area (Å²) in [4.78, 5) is 24.4. The van der Waals surface area contributed by atoms with Gasteiger partial charge in [0, 0.05) is 14.1 Å². The lowest BCUT2D eigenvalue weighted by Gasteiger charge is -2.10. The van der Waals surface area contributed by atoms with E-state index in [1.54, 1.807) is 32.3 Å². The van der Waals surface area contributed by atoms with Crippen molar-refractivity contribution in [3.8, 4) is 0 Å². The van der Waals surface area contributed by atoms with E-state index < -0.39 is 0 Å². The number of carbonyl (C=O) groups is 2. The van der Waals surface area contributed by atoms with E-state index in [-0.39, 0.29) is 29.9 Å². The second kappa shape index (κ2) is 8.60. The monoisotopic (exact) mass is 369 g/mol. The normalized spacial score (nSPS) is 10.3. The molecule has 0 unspecified atom stereocenters. The van der Waals surface area contributed by atoms with Crippen LogP contribution in [0.2, 0.25) is 0 Å². The molecule has 0 bridgehead atoms. The van der Waals surface area contributed by atoms with Gasteiger partial charge in [-0.3, -0.25) is 9.59 Å². The molecule has 2 N–H and O–H groups in total. The Labute approximate surface area is 146 Å². The molecule has 10 heteroatoms. The van der Waals surface area contributed by atoms with Gasteiger partial charge in [-0.1, -0.05) is 35.2 Å². The van der Waals surface area contributed by atoms with Crippen LogP contribution in [-0.2, 0) is 9.59 Å². The van der Waals surface area contributed by atoms with Gasteiger partial charge in [0.05, 0.1) is 18.0 Å². The van der Waals surface area contributed by atoms with E-state index in [4.69, 9.17) is 0 Å². The first-order chi connectivity index (χ1) is 11.5. The van der Waals surface area contributed by atoms with Gasteiger partial charge in [-0.2, -0.15) is 0 Å². The number of hydrogen-bond donors (Lipinski definition) is 2. The first-order valence-corrected chi connectivity index (χ1v) is 8.70. The van der Waals surface area contributed by atoms with Crippen LogP contribution >= 0.6 is 23.1 Å². The maximum absolute atomic E-state index is 13.5. The van der Waals surface area contributed by atoms with Crippen LogP contribution in [0.1, 0.15) is 0 Å². The van der Waals surface area contributed by atoms with Crippen molar-refractivity contribution in [1.82, 2.24) is 20.4 Å². The van der Waals surface area contributed by atoms with Gasteiger partial charge in [-0.25, -0.2) is 4.39 Å². The van der Waals surface area contributed by atoms with Crippen molar-refractivity contribution in [3.05, 3.63) is 30.1 Å². The Bertz CT molecular complexity index is 723. The fourth-order valence-corrected chi connectivity index (χ4v) is 3.10. The highest BCUT2D eigenvalue weighted by Gasteiger charge is 2.11. The molecule has 128 valence electrons. The van der Waals surface area contributed by atoms with E-state index in [9.17, 15) is 14.0 Å². The molecule has 0 fully saturated rings. The molecule has 0 aliphatic carbocycles. The summed E-state index contributed by atoms with van der Waals surface area (Å²) in [6.45, 7) is -0.0391. The molecule has 0 aliphatic heterocycles. The molecule has 1 heterocycles. The first kappa shape index (κ1) is 18.1. The second-order valence-corrected chi connectivity index (χ2v) is 7.03. The van der Waals surface area contributed by atoms with Gasteiger partial charge in [-0.15, -0.1) is 10.2 Å². The maximum Gasteiger partial charge on any atom is 0.241 e. The van der Waals surface area contributed by atoms with E-state index in [0.717, 1.165) is 0 Å². The molecule has 0 atom stereocenters. The minimum atomic E-state index is -0.383. The minimum absolute atomic E-state index is 0.0391. The average Bonchev–Trinajstić information content (AvgIpc) is 3.00. The number of nitrogens with one attached hydrogen (secondary N) is 2. The van der Waals surface area contributed by atoms with Crippen LogP contribution in [0.25, 0.3) is 0 Å². The zero-order valence-electron chi connectivity index (χ0n) is 13.1. The molecule has 2 amide bonds. The van der Waals surface area contributed by atoms with Crippen molar-refractivity contribution in [1.29, 1.82) is 0 Å². The average molecular weight is 369 g/mol. The third kappa shape index (κ3) is 5.46. The Morgan fingerprint density at radius 1 is 1.29 bits per heavy atom. The number of benzene rings is 1. The molecule has 0 radical (unpaired) electrons. The quantitative estimate of drug-likeness (QED) is 0.723. The van der Waals surface area contributed by atoms with Gasteiger partial charge in [0.25, 0.3) is 0 Å². The second-order valence-electron chi connectivity index (χ2n) is 4.83. The molecule has 2 rings (SSSR count). The first-order valence-electron chi connectivity index (χ1n) is 6.90. The smallest absolute Gasteiger partial charge is 0.241 e. The van der Waals surface area contributed by atoms with Gasteiger partial charge >= 0.3 is 0 Å². The van der Waals surface area contributed by atoms with Gasteiger partial charge in [-0.05, 0) is 12.1 Å². The third-order valence-electron chi connectivity index (χ3n) is 2.78. The van der Waals surface area contributed by atoms with E-state index in [1.165, 1.54) is 34.1 Å². The molecule has 0 aliphatic rings. The number of para-hydroxylation sites is 1. The highest BCUT2D eigenvalue weighted by atomic mass is 32.2. The van der Waals surface area contributed by atoms with Crippen LogP contribution < -0.4 is 10.6 Å². The standard InChI is InChI=1S/C14H16FN5O2S2/c1-20(2)12(22)7-16-11(21)8-23-14-19-18-13(24-14)17-10-6-4-3-5-9(10)15/h3-6H,7-8H2,1-2H3,(H,16,21)(H,17,18). The summed E-state index contributed by atoms with van der Waals surface area (Å²) >= 11 is 2.41. The van der Waals surface area contributed by atoms with Crippen molar-refractivity contribution in [2.45, 2.75) is 4.34 Å². The molecule has 7 nitrogen and oxygen atoms in total. The van der Waals surface area contributed by atoms with Crippen LogP contribution in [0.3, 0.4) is 0 Å². The molecule has 1 aromatic heterocycles. The molecule has 0 saturated heterocycles. The minimum Gasteiger partial charge on any atom is -0.347 e. The highest BCUT2D eigenvalue weighted by Crippen LogP contribution is 2.28. The van der Waals surface area contributed by atoms with Gasteiger partial charge < -0.3 is 15.5 Å². The van der Waals surface area contributed by atoms with E-state index in [0.29, 0.717) is 15.2 Å². The van der Waals surface area contributed by atoms with Crippen LogP contribution in [0.15, 0.2) is 28.6 Å². The number of thioether (sulfide) groups is 1. The van der Waals surface area contributed by atoms with Crippen molar-refractivity contribution in [2.24, 2.45) is 0 Å². The zero-order chi connectivity index (χ0) is 17.5. The number of carbonyl (C=O) groups excluding carboxylic acids is 2. The summed E-state index contributed by atoms with van der Waals surface area (Å²) in [6, 6.07) is 6.25. The SMILES string of the molecule is CN(C)C(=O)CNC(=O)CSc1nnc(Nc2ccccc2F)s1. The number of halogens is 1. The number of hydrogen-bond acceptors (Lipinski definition) is 7. The van der Waals surface area contributed by atoms with Crippen molar-refractivity contribution < 1.29 is 14.0 Å². The van der Waals surface area contributed by atoms with Gasteiger partial charge in [0.1, 0.15) is 5.82 Å². The Hall–Kier alpha value is -2.20. The number of anilines is 2. The number of nitrogens with zero attached hydrogens (tertiary/aromatic N) is 3. The van der Waals surface area contributed by atoms with E-state index >= 15 is 0 Å². The van der Waals surface area contributed by atoms with Gasteiger partial charge in [0.2, 0.25) is 16.9 Å². The van der Waals surface area contributed by atoms with Gasteiger partial charge in [0.15, 0.2) is 4.34 Å². The summed E-state index contributed by atoms with van der Waals surface area (Å²) in [5.74, 6) is -0.712. The molecule has 0 saturated carbocycles. The predicted molar refractivity (Wildman–Crippen MR) is 92.0 cm³/mol. The van der Waals surface area contributed by atoms with E-state index in [2.05, 4.69) is 20.8 Å². The lowest BCUT2D eigenvalue weighted by Crippen LogP contribution is -2.36. The maximum atomic E-state index is 13.5. The number of likely N-dealkylation sites (N-methyl/N-ethyl adjacent to an activating group) is 1. The predicted octanol–water partition coefficient (Wildman–Crippen LogP) is 1.72. The van der Waals surface area contributed by atoms with Crippen LogP contribution in [0, 0.1) is 5.82 Å². The Morgan fingerprint density at radius 3 is 2.75 bits per heavy atom. The number of amides is 2. The summed E-state index contributed by atoms with van der Waals surface area (Å²) in [5.41, 5.74) is 0.310. The van der Waals surface area contributed by atoms with Crippen LogP contribution in [0.5, 0.6) is 0 Å². The molecule has 24 heavy (non-hydrogen) atoms. The Morgan fingerprint density at radius 2 is 2.04 bits per heavy atom. The number of aromatic nitrogens is 2. The van der Waals surface area contributed by atoms with Crippen LogP contribution in [-0.4, -0.2) is 53.3 Å². The number of rotatable bonds is 7. The highest BCUT2D eigenvalue weighted by molar-refractivity contribution is 8.01. The molecule has 2 aromatic rings. The van der Waals surface area contributed by atoms with Crippen LogP contribution in [0.4, 0.5) is 15.2 Å². The fraction of sp³-hybridized carbons (Fsp3) is 0.286. The molecular weight excluding hydrogens is 353 g/mol. The largest absolute Gasteiger partial charge is 0.347 e. The topological polar surface area (TPSA) is 87.2 Å². The molecule has 1 aromatic carbocycles. The van der Waals surface area contributed by atoms with Crippen molar-refractivity contribution >= 4 is 45.7 Å². The third-order valence-corrected chi connectivity index (χ3v) is 4.76. The summed E-state index contributed by atoms with van der Waals surface area (Å²) in [6.07, 6.45) is 0. The van der Waals surface area contributed by atoms with E-state index in [1.807, 2.05) is 0 Å². The summed E-state index contributed by atoms with van der Waals surface area (Å²) in [7, 11) is 3.24. The Balaban J connectivity index is 1.80. The summed E-state index contributed by atoms with van der Waals surface area (Å²) < 4.78 is 14.1. The summed E-state index contributed by atoms with van der Waals surface area (Å²) in [5, 5.41) is 13.6. The fourth-order valence-electron chi connectivity index (χ4n) is 1.51. The molecule has 0 spiro atoms. The lowest BCUT2D eigenvalue weighted by molar-refractivity contribution is -0.130. The van der Waals surface area contributed by atoms with Crippen molar-refractivity contribution in [2.75, 3.05) is 31.7 Å². The zero-order valence-corrected chi connectivity index (χ0v) is 14.7. The molecular formula is C14H16FN5O2S2. The lowest BCUT2D eigenvalue weighted by atomic mass is 10.3.